The molecule has 0 bridgehead atoms. The first-order valence-corrected chi connectivity index (χ1v) is 6.33. The molecule has 1 amide bonds. The van der Waals surface area contributed by atoms with E-state index >= 15 is 0 Å². The van der Waals surface area contributed by atoms with Crippen LogP contribution in [0.4, 0.5) is 0 Å². The lowest BCUT2D eigenvalue weighted by atomic mass is 10.3. The number of aliphatic carboxylic acids is 1. The minimum absolute atomic E-state index is 0.0676. The predicted molar refractivity (Wildman–Crippen MR) is 54.2 cm³/mol. The Morgan fingerprint density at radius 2 is 1.93 bits per heavy atom. The van der Waals surface area contributed by atoms with E-state index in [0.29, 0.717) is 6.42 Å². The highest BCUT2D eigenvalue weighted by molar-refractivity contribution is 7.92. The molecule has 15 heavy (non-hydrogen) atoms. The van der Waals surface area contributed by atoms with Gasteiger partial charge in [0.2, 0.25) is 5.91 Å². The maximum absolute atomic E-state index is 11.2. The van der Waals surface area contributed by atoms with Crippen molar-refractivity contribution < 1.29 is 23.1 Å². The van der Waals surface area contributed by atoms with Gasteiger partial charge in [-0.3, -0.25) is 9.59 Å². The summed E-state index contributed by atoms with van der Waals surface area (Å²) in [5, 5.41) is 10.5. The average molecular weight is 237 g/mol. The first kappa shape index (κ1) is 13.9. The number of sulfone groups is 1. The van der Waals surface area contributed by atoms with E-state index in [4.69, 9.17) is 5.11 Å². The first-order valence-electron chi connectivity index (χ1n) is 4.51. The van der Waals surface area contributed by atoms with Crippen LogP contribution in [0.1, 0.15) is 20.3 Å². The summed E-state index contributed by atoms with van der Waals surface area (Å²) in [6, 6.07) is -1.07. The Hall–Kier alpha value is -1.11. The van der Waals surface area contributed by atoms with E-state index in [9.17, 15) is 18.0 Å². The summed E-state index contributed by atoms with van der Waals surface area (Å²) >= 11 is 0. The van der Waals surface area contributed by atoms with E-state index in [0.717, 1.165) is 0 Å². The van der Waals surface area contributed by atoms with Crippen molar-refractivity contribution in [2.24, 2.45) is 0 Å². The van der Waals surface area contributed by atoms with Crippen molar-refractivity contribution in [1.29, 1.82) is 0 Å². The summed E-state index contributed by atoms with van der Waals surface area (Å²) in [5.41, 5.74) is 0. The van der Waals surface area contributed by atoms with Gasteiger partial charge in [0.1, 0.15) is 11.8 Å². The van der Waals surface area contributed by atoms with Gasteiger partial charge in [-0.05, 0) is 13.3 Å². The summed E-state index contributed by atoms with van der Waals surface area (Å²) in [5.74, 6) is -2.70. The lowest BCUT2D eigenvalue weighted by molar-refractivity contribution is -0.140. The van der Waals surface area contributed by atoms with Crippen molar-refractivity contribution in [3.8, 4) is 0 Å². The van der Waals surface area contributed by atoms with Crippen LogP contribution < -0.4 is 5.32 Å². The van der Waals surface area contributed by atoms with Crippen LogP contribution in [0, 0.1) is 0 Å². The van der Waals surface area contributed by atoms with Crippen LogP contribution in [0.5, 0.6) is 0 Å². The third-order valence-corrected chi connectivity index (χ3v) is 3.35. The number of nitrogens with one attached hydrogen (secondary N) is 1. The van der Waals surface area contributed by atoms with Crippen molar-refractivity contribution in [2.75, 3.05) is 11.5 Å². The standard InChI is InChI=1S/C8H15NO5S/c1-3-4-15(13,14)5-7(10)9-6(2)8(11)12/h6H,3-5H2,1-2H3,(H,9,10)(H,11,12). The zero-order valence-corrected chi connectivity index (χ0v) is 9.50. The molecule has 0 fully saturated rings. The number of hydrogen-bond donors (Lipinski definition) is 2. The van der Waals surface area contributed by atoms with E-state index in [2.05, 4.69) is 5.32 Å². The Morgan fingerprint density at radius 3 is 2.33 bits per heavy atom. The van der Waals surface area contributed by atoms with Crippen molar-refractivity contribution in [3.63, 3.8) is 0 Å². The van der Waals surface area contributed by atoms with Gasteiger partial charge in [0.15, 0.2) is 9.84 Å². The number of carboxylic acids is 1. The van der Waals surface area contributed by atoms with Gasteiger partial charge in [0.05, 0.1) is 5.75 Å². The number of carbonyl (C=O) groups is 2. The van der Waals surface area contributed by atoms with Gasteiger partial charge in [-0.2, -0.15) is 0 Å². The zero-order valence-electron chi connectivity index (χ0n) is 8.69. The first-order chi connectivity index (χ1) is 6.78. The minimum Gasteiger partial charge on any atom is -0.480 e. The van der Waals surface area contributed by atoms with Gasteiger partial charge >= 0.3 is 5.97 Å². The molecule has 0 saturated heterocycles. The largest absolute Gasteiger partial charge is 0.480 e. The molecule has 1 unspecified atom stereocenters. The maximum Gasteiger partial charge on any atom is 0.325 e. The lowest BCUT2D eigenvalue weighted by Gasteiger charge is -2.08. The normalized spacial score (nSPS) is 13.2. The van der Waals surface area contributed by atoms with E-state index in [-0.39, 0.29) is 5.75 Å². The van der Waals surface area contributed by atoms with Crippen LogP contribution in [0.3, 0.4) is 0 Å². The summed E-state index contributed by atoms with van der Waals surface area (Å²) < 4.78 is 22.4. The van der Waals surface area contributed by atoms with Crippen LogP contribution in [-0.4, -0.2) is 42.9 Å². The van der Waals surface area contributed by atoms with Crippen LogP contribution in [0.2, 0.25) is 0 Å². The summed E-state index contributed by atoms with van der Waals surface area (Å²) in [7, 11) is -3.41. The van der Waals surface area contributed by atoms with E-state index in [1.807, 2.05) is 0 Å². The minimum atomic E-state index is -3.41. The Labute approximate surface area is 88.6 Å². The Morgan fingerprint density at radius 1 is 1.40 bits per heavy atom. The number of amides is 1. The highest BCUT2D eigenvalue weighted by atomic mass is 32.2. The molecule has 0 heterocycles. The molecule has 0 rings (SSSR count). The molecule has 0 aliphatic rings. The highest BCUT2D eigenvalue weighted by Crippen LogP contribution is 1.94. The summed E-state index contributed by atoms with van der Waals surface area (Å²) in [6.45, 7) is 2.96. The van der Waals surface area contributed by atoms with Crippen molar-refractivity contribution in [1.82, 2.24) is 5.32 Å². The fourth-order valence-corrected chi connectivity index (χ4v) is 2.18. The van der Waals surface area contributed by atoms with Crippen LogP contribution in [0.25, 0.3) is 0 Å². The molecule has 0 saturated carbocycles. The SMILES string of the molecule is CCCS(=O)(=O)CC(=O)NC(C)C(=O)O. The smallest absolute Gasteiger partial charge is 0.325 e. The molecule has 0 spiro atoms. The second-order valence-electron chi connectivity index (χ2n) is 3.22. The second-order valence-corrected chi connectivity index (χ2v) is 5.40. The monoisotopic (exact) mass is 237 g/mol. The van der Waals surface area contributed by atoms with Crippen LogP contribution in [0.15, 0.2) is 0 Å². The molecule has 1 atom stereocenters. The van der Waals surface area contributed by atoms with Gasteiger partial charge < -0.3 is 10.4 Å². The average Bonchev–Trinajstić information content (AvgIpc) is 2.01. The molecule has 7 heteroatoms. The number of hydrogen-bond acceptors (Lipinski definition) is 4. The molecule has 88 valence electrons. The van der Waals surface area contributed by atoms with Gasteiger partial charge in [-0.15, -0.1) is 0 Å². The lowest BCUT2D eigenvalue weighted by Crippen LogP contribution is -2.41. The van der Waals surface area contributed by atoms with Crippen LogP contribution in [-0.2, 0) is 19.4 Å². The third kappa shape index (κ3) is 6.05. The topological polar surface area (TPSA) is 101 Å². The second kappa shape index (κ2) is 5.69. The maximum atomic E-state index is 11.2. The van der Waals surface area contributed by atoms with E-state index < -0.39 is 33.5 Å². The van der Waals surface area contributed by atoms with Gasteiger partial charge in [-0.1, -0.05) is 6.92 Å². The van der Waals surface area contributed by atoms with Crippen LogP contribution >= 0.6 is 0 Å². The molecule has 2 N–H and O–H groups in total. The predicted octanol–water partition coefficient (Wildman–Crippen LogP) is -0.599. The molecule has 0 aliphatic heterocycles. The van der Waals surface area contributed by atoms with Gasteiger partial charge in [-0.25, -0.2) is 8.42 Å². The molecular weight excluding hydrogens is 222 g/mol. The molecule has 0 radical (unpaired) electrons. The fraction of sp³-hybridized carbons (Fsp3) is 0.750. The molecule has 0 aromatic heterocycles. The molecule has 0 aromatic rings. The van der Waals surface area contributed by atoms with Gasteiger partial charge in [0, 0.05) is 0 Å². The third-order valence-electron chi connectivity index (χ3n) is 1.61. The Bertz CT molecular complexity index is 335. The van der Waals surface area contributed by atoms with Crippen molar-refractivity contribution >= 4 is 21.7 Å². The Kier molecular flexibility index (Phi) is 5.27. The van der Waals surface area contributed by atoms with Crippen molar-refractivity contribution in [3.05, 3.63) is 0 Å². The van der Waals surface area contributed by atoms with Gasteiger partial charge in [0.25, 0.3) is 0 Å². The quantitative estimate of drug-likeness (QED) is 0.642. The molecule has 0 aromatic carbocycles. The molecule has 0 aliphatic carbocycles. The number of rotatable bonds is 6. The number of carboxylic acid groups (broad SMARTS) is 1. The van der Waals surface area contributed by atoms with E-state index in [1.165, 1.54) is 6.92 Å². The van der Waals surface area contributed by atoms with E-state index in [1.54, 1.807) is 6.92 Å². The Balaban J connectivity index is 4.21. The molecule has 6 nitrogen and oxygen atoms in total. The fourth-order valence-electron chi connectivity index (χ4n) is 0.928. The van der Waals surface area contributed by atoms with Crippen molar-refractivity contribution in [2.45, 2.75) is 26.3 Å². The highest BCUT2D eigenvalue weighted by Gasteiger charge is 2.19. The number of carbonyl (C=O) groups excluding carboxylic acids is 1. The zero-order chi connectivity index (χ0) is 12.1. The summed E-state index contributed by atoms with van der Waals surface area (Å²) in [4.78, 5) is 21.5. The summed E-state index contributed by atoms with van der Waals surface area (Å²) in [6.07, 6.45) is 0.435. The molecular formula is C8H15NO5S.